The van der Waals surface area contributed by atoms with E-state index in [1.54, 1.807) is 4.90 Å². The van der Waals surface area contributed by atoms with Gasteiger partial charge >= 0.3 is 5.97 Å². The van der Waals surface area contributed by atoms with Gasteiger partial charge in [0.05, 0.1) is 6.61 Å². The minimum absolute atomic E-state index is 0.0184. The van der Waals surface area contributed by atoms with E-state index in [0.29, 0.717) is 19.4 Å². The van der Waals surface area contributed by atoms with Crippen molar-refractivity contribution in [2.75, 3.05) is 19.7 Å². The number of nitrogens with zero attached hydrogens (tertiary/aromatic N) is 1. The van der Waals surface area contributed by atoms with Crippen molar-refractivity contribution in [3.63, 3.8) is 0 Å². The molecule has 2 atom stereocenters. The zero-order valence-corrected chi connectivity index (χ0v) is 10.6. The van der Waals surface area contributed by atoms with Crippen molar-refractivity contribution >= 4 is 5.97 Å². The predicted octanol–water partition coefficient (Wildman–Crippen LogP) is 1.58. The summed E-state index contributed by atoms with van der Waals surface area (Å²) in [7, 11) is 0. The Balaban J connectivity index is 2.48. The van der Waals surface area contributed by atoms with Crippen LogP contribution in [0.4, 0.5) is 8.78 Å². The van der Waals surface area contributed by atoms with E-state index in [4.69, 9.17) is 10.2 Å². The highest BCUT2D eigenvalue weighted by Gasteiger charge is 2.37. The van der Waals surface area contributed by atoms with Crippen LogP contribution in [0.2, 0.25) is 0 Å². The van der Waals surface area contributed by atoms with Crippen molar-refractivity contribution in [3.05, 3.63) is 0 Å². The van der Waals surface area contributed by atoms with Crippen LogP contribution in [0.15, 0.2) is 0 Å². The first-order valence-corrected chi connectivity index (χ1v) is 6.35. The van der Waals surface area contributed by atoms with Crippen LogP contribution in [0.5, 0.6) is 0 Å². The Morgan fingerprint density at radius 3 is 2.67 bits per heavy atom. The summed E-state index contributed by atoms with van der Waals surface area (Å²) in [5.74, 6) is -3.60. The van der Waals surface area contributed by atoms with Crippen molar-refractivity contribution in [2.24, 2.45) is 5.92 Å². The smallest absolute Gasteiger partial charge is 0.320 e. The summed E-state index contributed by atoms with van der Waals surface area (Å²) in [5, 5.41) is 17.9. The number of hydrogen-bond donors (Lipinski definition) is 2. The summed E-state index contributed by atoms with van der Waals surface area (Å²) in [5.41, 5.74) is 0. The van der Waals surface area contributed by atoms with Gasteiger partial charge in [0.1, 0.15) is 6.04 Å². The molecule has 0 aromatic carbocycles. The molecule has 0 amide bonds. The Hall–Kier alpha value is -0.750. The highest BCUT2D eigenvalue weighted by Crippen LogP contribution is 2.32. The fourth-order valence-electron chi connectivity index (χ4n) is 2.43. The van der Waals surface area contributed by atoms with Gasteiger partial charge in [-0.1, -0.05) is 6.92 Å². The molecule has 4 nitrogen and oxygen atoms in total. The van der Waals surface area contributed by atoms with Gasteiger partial charge in [-0.3, -0.25) is 9.69 Å². The molecule has 0 saturated carbocycles. The molecule has 1 aliphatic rings. The number of β-amino-alcohol motifs (C(OH)–C–C–N with tert-alkyl or cyclic N) is 1. The van der Waals surface area contributed by atoms with E-state index in [2.05, 4.69) is 0 Å². The number of halogens is 2. The number of carbonyl (C=O) groups is 1. The Bertz CT molecular complexity index is 286. The number of aliphatic carboxylic acids is 1. The maximum Gasteiger partial charge on any atom is 0.320 e. The number of aliphatic hydroxyl groups is 1. The lowest BCUT2D eigenvalue weighted by atomic mass is 9.97. The standard InChI is InChI=1S/C12H21F2NO3/c1-2-12(13,14)4-3-9-7-10(11(17)18)15(8-9)5-6-16/h9-10,16H,2-8H2,1H3,(H,17,18). The minimum Gasteiger partial charge on any atom is -0.480 e. The summed E-state index contributed by atoms with van der Waals surface area (Å²) in [6.45, 7) is 2.11. The van der Waals surface area contributed by atoms with Crippen molar-refractivity contribution in [3.8, 4) is 0 Å². The Morgan fingerprint density at radius 2 is 2.17 bits per heavy atom. The van der Waals surface area contributed by atoms with Gasteiger partial charge < -0.3 is 10.2 Å². The first-order chi connectivity index (χ1) is 8.39. The van der Waals surface area contributed by atoms with E-state index in [1.807, 2.05) is 0 Å². The van der Waals surface area contributed by atoms with Gasteiger partial charge in [0, 0.05) is 25.9 Å². The minimum atomic E-state index is -2.65. The molecular formula is C12H21F2NO3. The molecule has 1 fully saturated rings. The number of carboxylic acids is 1. The highest BCUT2D eigenvalue weighted by molar-refractivity contribution is 5.73. The number of rotatable bonds is 7. The summed E-state index contributed by atoms with van der Waals surface area (Å²) in [6.07, 6.45) is 0.373. The molecule has 1 rings (SSSR count). The second-order valence-corrected chi connectivity index (χ2v) is 4.92. The van der Waals surface area contributed by atoms with E-state index in [0.717, 1.165) is 0 Å². The first kappa shape index (κ1) is 15.3. The quantitative estimate of drug-likeness (QED) is 0.733. The molecule has 18 heavy (non-hydrogen) atoms. The lowest BCUT2D eigenvalue weighted by molar-refractivity contribution is -0.142. The number of aliphatic hydroxyl groups excluding tert-OH is 1. The summed E-state index contributed by atoms with van der Waals surface area (Å²) in [4.78, 5) is 12.7. The van der Waals surface area contributed by atoms with Crippen LogP contribution < -0.4 is 0 Å². The lowest BCUT2D eigenvalue weighted by Gasteiger charge is -2.19. The summed E-state index contributed by atoms with van der Waals surface area (Å²) >= 11 is 0. The molecule has 0 aromatic rings. The molecule has 6 heteroatoms. The van der Waals surface area contributed by atoms with Crippen LogP contribution in [-0.4, -0.2) is 52.7 Å². The molecule has 0 aromatic heterocycles. The van der Waals surface area contributed by atoms with Gasteiger partial charge in [0.25, 0.3) is 0 Å². The topological polar surface area (TPSA) is 60.8 Å². The summed E-state index contributed by atoms with van der Waals surface area (Å²) in [6, 6.07) is -0.641. The Kier molecular flexibility index (Phi) is 5.47. The molecule has 2 unspecified atom stereocenters. The van der Waals surface area contributed by atoms with Crippen molar-refractivity contribution in [1.29, 1.82) is 0 Å². The third kappa shape index (κ3) is 4.17. The molecule has 106 valence electrons. The number of alkyl halides is 2. The normalized spacial score (nSPS) is 25.6. The van der Waals surface area contributed by atoms with Gasteiger partial charge in [0.2, 0.25) is 5.92 Å². The third-order valence-electron chi connectivity index (χ3n) is 3.60. The molecule has 0 spiro atoms. The monoisotopic (exact) mass is 265 g/mol. The Labute approximate surface area is 106 Å². The van der Waals surface area contributed by atoms with E-state index < -0.39 is 17.9 Å². The van der Waals surface area contributed by atoms with Gasteiger partial charge in [0.15, 0.2) is 0 Å². The maximum atomic E-state index is 13.1. The van der Waals surface area contributed by atoms with Crippen LogP contribution in [0.1, 0.15) is 32.6 Å². The predicted molar refractivity (Wildman–Crippen MR) is 62.7 cm³/mol. The second-order valence-electron chi connectivity index (χ2n) is 4.92. The largest absolute Gasteiger partial charge is 0.480 e. The highest BCUT2D eigenvalue weighted by atomic mass is 19.3. The first-order valence-electron chi connectivity index (χ1n) is 6.35. The van der Waals surface area contributed by atoms with E-state index in [-0.39, 0.29) is 31.9 Å². The number of hydrogen-bond acceptors (Lipinski definition) is 3. The van der Waals surface area contributed by atoms with Gasteiger partial charge in [-0.2, -0.15) is 0 Å². The van der Waals surface area contributed by atoms with Gasteiger partial charge in [-0.15, -0.1) is 0 Å². The van der Waals surface area contributed by atoms with Crippen molar-refractivity contribution in [2.45, 2.75) is 44.6 Å². The van der Waals surface area contributed by atoms with E-state index >= 15 is 0 Å². The molecule has 0 radical (unpaired) electrons. The van der Waals surface area contributed by atoms with Crippen LogP contribution >= 0.6 is 0 Å². The average Bonchev–Trinajstić information content (AvgIpc) is 2.71. The van der Waals surface area contributed by atoms with Gasteiger partial charge in [-0.05, 0) is 18.8 Å². The molecule has 0 aliphatic carbocycles. The molecule has 1 saturated heterocycles. The molecule has 0 bridgehead atoms. The molecule has 2 N–H and O–H groups in total. The lowest BCUT2D eigenvalue weighted by Crippen LogP contribution is -2.37. The number of carboxylic acid groups (broad SMARTS) is 1. The molecular weight excluding hydrogens is 244 g/mol. The van der Waals surface area contributed by atoms with E-state index in [1.165, 1.54) is 6.92 Å². The van der Waals surface area contributed by atoms with Crippen molar-refractivity contribution < 1.29 is 23.8 Å². The fraction of sp³-hybridized carbons (Fsp3) is 0.917. The fourth-order valence-corrected chi connectivity index (χ4v) is 2.43. The SMILES string of the molecule is CCC(F)(F)CCC1CC(C(=O)O)N(CCO)C1. The maximum absolute atomic E-state index is 13.1. The average molecular weight is 265 g/mol. The van der Waals surface area contributed by atoms with Crippen LogP contribution in [0.25, 0.3) is 0 Å². The number of likely N-dealkylation sites (tertiary alicyclic amines) is 1. The zero-order chi connectivity index (χ0) is 13.8. The molecule has 1 heterocycles. The third-order valence-corrected chi connectivity index (χ3v) is 3.60. The Morgan fingerprint density at radius 1 is 1.50 bits per heavy atom. The second kappa shape index (κ2) is 6.43. The van der Waals surface area contributed by atoms with Gasteiger partial charge in [-0.25, -0.2) is 8.78 Å². The van der Waals surface area contributed by atoms with E-state index in [9.17, 15) is 13.6 Å². The van der Waals surface area contributed by atoms with Crippen molar-refractivity contribution in [1.82, 2.24) is 4.90 Å². The van der Waals surface area contributed by atoms with Crippen LogP contribution in [0, 0.1) is 5.92 Å². The zero-order valence-electron chi connectivity index (χ0n) is 10.6. The van der Waals surface area contributed by atoms with Crippen LogP contribution in [-0.2, 0) is 4.79 Å². The van der Waals surface area contributed by atoms with Crippen LogP contribution in [0.3, 0.4) is 0 Å². The summed E-state index contributed by atoms with van der Waals surface area (Å²) < 4.78 is 26.3. The molecule has 1 aliphatic heterocycles.